The number of carbonyl (C=O) groups is 7. The van der Waals surface area contributed by atoms with Crippen molar-refractivity contribution < 1.29 is 57.5 Å². The highest BCUT2D eigenvalue weighted by molar-refractivity contribution is 7.46. The van der Waals surface area contributed by atoms with Gasteiger partial charge >= 0.3 is 7.82 Å². The van der Waals surface area contributed by atoms with E-state index in [1.165, 1.54) is 36.1 Å². The molecule has 7 amide bonds. The molecule has 1 unspecified atom stereocenters. The monoisotopic (exact) mass is 803 g/mol. The lowest BCUT2D eigenvalue weighted by Gasteiger charge is -2.31. The fourth-order valence-corrected chi connectivity index (χ4v) is 6.47. The van der Waals surface area contributed by atoms with Gasteiger partial charge in [0.25, 0.3) is 5.91 Å². The Bertz CT molecular complexity index is 1770. The average Bonchev–Trinajstić information content (AvgIpc) is 3.61. The molecule has 2 aromatic carbocycles. The van der Waals surface area contributed by atoms with Crippen molar-refractivity contribution in [1.82, 2.24) is 26.2 Å². The van der Waals surface area contributed by atoms with Crippen molar-refractivity contribution >= 4 is 49.2 Å². The van der Waals surface area contributed by atoms with E-state index in [0.717, 1.165) is 0 Å². The summed E-state index contributed by atoms with van der Waals surface area (Å²) in [6, 6.07) is 7.19. The van der Waals surface area contributed by atoms with Crippen molar-refractivity contribution in [3.05, 3.63) is 65.7 Å². The second-order valence-electron chi connectivity index (χ2n) is 13.9. The number of phosphoric acid groups is 1. The molecule has 306 valence electrons. The molecule has 0 bridgehead atoms. The van der Waals surface area contributed by atoms with Crippen LogP contribution in [-0.2, 0) is 39.8 Å². The predicted molar refractivity (Wildman–Crippen MR) is 200 cm³/mol. The normalized spacial score (nSPS) is 16.8. The van der Waals surface area contributed by atoms with E-state index in [1.54, 1.807) is 30.3 Å². The topological polar surface area (TPSA) is 310 Å². The molecule has 1 aliphatic rings. The van der Waals surface area contributed by atoms with Gasteiger partial charge in [-0.2, -0.15) is 0 Å². The molecule has 56 heavy (non-hydrogen) atoms. The molecule has 1 aliphatic heterocycles. The summed E-state index contributed by atoms with van der Waals surface area (Å²) < 4.78 is 15.9. The minimum Gasteiger partial charge on any atom is -0.404 e. The zero-order chi connectivity index (χ0) is 41.7. The molecule has 0 spiro atoms. The van der Waals surface area contributed by atoms with Gasteiger partial charge in [-0.15, -0.1) is 0 Å². The maximum Gasteiger partial charge on any atom is 0.524 e. The summed E-state index contributed by atoms with van der Waals surface area (Å²) >= 11 is 0. The molecule has 1 saturated heterocycles. The largest absolute Gasteiger partial charge is 0.524 e. The summed E-state index contributed by atoms with van der Waals surface area (Å²) in [5.41, 5.74) is 11.3. The first kappa shape index (κ1) is 45.0. The average molecular weight is 804 g/mol. The lowest BCUT2D eigenvalue weighted by atomic mass is 10.00. The maximum atomic E-state index is 14.2. The molecule has 6 atom stereocenters. The van der Waals surface area contributed by atoms with Crippen LogP contribution in [0, 0.1) is 5.92 Å². The Balaban J connectivity index is 1.85. The first-order valence-electron chi connectivity index (χ1n) is 17.9. The van der Waals surface area contributed by atoms with Gasteiger partial charge in [-0.05, 0) is 68.4 Å². The Morgan fingerprint density at radius 1 is 0.857 bits per heavy atom. The van der Waals surface area contributed by atoms with E-state index >= 15 is 0 Å². The van der Waals surface area contributed by atoms with Crippen molar-refractivity contribution in [2.45, 2.75) is 95.6 Å². The van der Waals surface area contributed by atoms with E-state index in [4.69, 9.17) is 21.3 Å². The number of rotatable bonds is 20. The van der Waals surface area contributed by atoms with Gasteiger partial charge in [0.15, 0.2) is 0 Å². The molecule has 2 aromatic rings. The number of hydrogen-bond donors (Lipinski definition) is 9. The van der Waals surface area contributed by atoms with Crippen LogP contribution in [0.15, 0.2) is 54.6 Å². The van der Waals surface area contributed by atoms with E-state index in [0.29, 0.717) is 12.0 Å². The van der Waals surface area contributed by atoms with E-state index in [9.17, 15) is 43.2 Å². The number of aliphatic hydroxyl groups excluding tert-OH is 1. The SMILES string of the molecule is CC(C)C[C@H](NC(=O)[C@H](Cc1ccc(OP(=O)(O)O)cc1)NC(=O)c1ccccc1)C(=O)N1CCC[C@H]1C(=O)N[C@@H](CCC(N)=O)C(=O)N[C@H](C(N)=O)C(C)O. The molecule has 1 fully saturated rings. The number of nitrogens with zero attached hydrogens (tertiary/aromatic N) is 1. The van der Waals surface area contributed by atoms with Crippen molar-refractivity contribution in [1.29, 1.82) is 0 Å². The van der Waals surface area contributed by atoms with Crippen molar-refractivity contribution in [3.8, 4) is 5.75 Å². The summed E-state index contributed by atoms with van der Waals surface area (Å²) in [6.07, 6.45) is -1.33. The van der Waals surface area contributed by atoms with Gasteiger partial charge in [0.05, 0.1) is 6.10 Å². The standard InChI is InChI=1S/C36H50N7O12P/c1-20(2)18-27(36(51)43-17-7-10-28(43)35(50)39-25(15-16-29(37)45)33(48)42-30(21(3)44)31(38)46)41-34(49)26(40-32(47)23-8-5-4-6-9-23)19-22-11-13-24(14-12-22)55-56(52,53)54/h4-6,8-9,11-14,20-21,25-28,30,44H,7,10,15-19H2,1-3H3,(H2,37,45)(H2,38,46)(H,39,50)(H,40,47)(H,41,49)(H,42,48)(H2,52,53,54)/t21?,25-,26-,27-,28-,30-/m0/s1. The van der Waals surface area contributed by atoms with Gasteiger partial charge in [-0.1, -0.05) is 44.2 Å². The van der Waals surface area contributed by atoms with Gasteiger partial charge in [0, 0.05) is 24.9 Å². The number of likely N-dealkylation sites (tertiary alicyclic amines) is 1. The Morgan fingerprint density at radius 2 is 1.48 bits per heavy atom. The van der Waals surface area contributed by atoms with Crippen molar-refractivity contribution in [3.63, 3.8) is 0 Å². The molecule has 0 saturated carbocycles. The number of amides is 7. The van der Waals surface area contributed by atoms with E-state index in [2.05, 4.69) is 25.8 Å². The van der Waals surface area contributed by atoms with Crippen LogP contribution in [0.25, 0.3) is 0 Å². The Labute approximate surface area is 323 Å². The highest BCUT2D eigenvalue weighted by atomic mass is 31.2. The number of carbonyl (C=O) groups excluding carboxylic acids is 7. The molecule has 1 heterocycles. The fraction of sp³-hybridized carbons (Fsp3) is 0.472. The molecule has 3 rings (SSSR count). The third-order valence-electron chi connectivity index (χ3n) is 8.80. The molecule has 11 N–H and O–H groups in total. The number of benzene rings is 2. The number of nitrogens with two attached hydrogens (primary N) is 2. The highest BCUT2D eigenvalue weighted by Gasteiger charge is 2.40. The summed E-state index contributed by atoms with van der Waals surface area (Å²) in [5.74, 6) is -5.64. The lowest BCUT2D eigenvalue weighted by molar-refractivity contribution is -0.142. The predicted octanol–water partition coefficient (Wildman–Crippen LogP) is -0.878. The highest BCUT2D eigenvalue weighted by Crippen LogP contribution is 2.37. The quantitative estimate of drug-likeness (QED) is 0.0738. The minimum atomic E-state index is -4.83. The maximum absolute atomic E-state index is 14.2. The molecular weight excluding hydrogens is 753 g/mol. The zero-order valence-corrected chi connectivity index (χ0v) is 32.1. The first-order chi connectivity index (χ1) is 26.2. The van der Waals surface area contributed by atoms with Crippen LogP contribution in [-0.4, -0.2) is 104 Å². The molecular formula is C36H50N7O12P. The van der Waals surface area contributed by atoms with E-state index < -0.39 is 85.5 Å². The minimum absolute atomic E-state index is 0.0989. The Kier molecular flexibility index (Phi) is 16.5. The summed E-state index contributed by atoms with van der Waals surface area (Å²) in [5, 5.41) is 20.2. The fourth-order valence-electron chi connectivity index (χ4n) is 6.07. The number of primary amides is 2. The van der Waals surface area contributed by atoms with Gasteiger partial charge in [-0.3, -0.25) is 43.3 Å². The Morgan fingerprint density at radius 3 is 2.04 bits per heavy atom. The summed E-state index contributed by atoms with van der Waals surface area (Å²) in [4.78, 5) is 111. The lowest BCUT2D eigenvalue weighted by Crippen LogP contribution is -2.59. The van der Waals surface area contributed by atoms with Crippen LogP contribution in [0.2, 0.25) is 0 Å². The Hall–Kier alpha value is -5.36. The van der Waals surface area contributed by atoms with E-state index in [1.807, 2.05) is 13.8 Å². The summed E-state index contributed by atoms with van der Waals surface area (Å²) in [6.45, 7) is 5.00. The van der Waals surface area contributed by atoms with Crippen LogP contribution < -0.4 is 37.3 Å². The zero-order valence-electron chi connectivity index (χ0n) is 31.3. The van der Waals surface area contributed by atoms with Gasteiger partial charge in [0.2, 0.25) is 35.4 Å². The van der Waals surface area contributed by atoms with E-state index in [-0.39, 0.29) is 55.9 Å². The van der Waals surface area contributed by atoms with Crippen LogP contribution in [0.4, 0.5) is 0 Å². The van der Waals surface area contributed by atoms with Gasteiger partial charge < -0.3 is 47.3 Å². The molecule has 0 aliphatic carbocycles. The van der Waals surface area contributed by atoms with Crippen LogP contribution in [0.3, 0.4) is 0 Å². The number of phosphoric ester groups is 1. The number of aliphatic hydroxyl groups is 1. The second kappa shape index (κ2) is 20.5. The molecule has 19 nitrogen and oxygen atoms in total. The van der Waals surface area contributed by atoms with Crippen molar-refractivity contribution in [2.24, 2.45) is 17.4 Å². The second-order valence-corrected chi connectivity index (χ2v) is 15.1. The van der Waals surface area contributed by atoms with Crippen LogP contribution in [0.5, 0.6) is 5.75 Å². The van der Waals surface area contributed by atoms with Crippen molar-refractivity contribution in [2.75, 3.05) is 6.54 Å². The van der Waals surface area contributed by atoms with Crippen LogP contribution >= 0.6 is 7.82 Å². The third kappa shape index (κ3) is 14.1. The van der Waals surface area contributed by atoms with Gasteiger partial charge in [0.1, 0.15) is 36.0 Å². The molecule has 20 heteroatoms. The smallest absolute Gasteiger partial charge is 0.404 e. The third-order valence-corrected chi connectivity index (χ3v) is 9.25. The van der Waals surface area contributed by atoms with Crippen LogP contribution in [0.1, 0.15) is 68.8 Å². The first-order valence-corrected chi connectivity index (χ1v) is 19.5. The number of hydrogen-bond acceptors (Lipinski definition) is 10. The number of nitrogens with one attached hydrogen (secondary N) is 4. The molecule has 0 radical (unpaired) electrons. The van der Waals surface area contributed by atoms with Gasteiger partial charge in [-0.25, -0.2) is 4.57 Å². The molecule has 0 aromatic heterocycles. The summed E-state index contributed by atoms with van der Waals surface area (Å²) in [7, 11) is -4.83.